The van der Waals surface area contributed by atoms with Gasteiger partial charge in [0.05, 0.1) is 12.7 Å². The van der Waals surface area contributed by atoms with Crippen LogP contribution in [0.4, 0.5) is 18.9 Å². The summed E-state index contributed by atoms with van der Waals surface area (Å²) in [6.07, 6.45) is -3.33. The van der Waals surface area contributed by atoms with Crippen molar-refractivity contribution in [3.8, 4) is 5.75 Å². The van der Waals surface area contributed by atoms with Crippen LogP contribution in [0.2, 0.25) is 5.02 Å². The number of hydrogen-bond donors (Lipinski definition) is 1. The number of carbonyl (C=O) groups excluding carboxylic acids is 1. The Morgan fingerprint density at radius 1 is 1.08 bits per heavy atom. The van der Waals surface area contributed by atoms with Gasteiger partial charge >= 0.3 is 6.18 Å². The second kappa shape index (κ2) is 11.7. The molecule has 1 fully saturated rings. The Labute approximate surface area is 216 Å². The van der Waals surface area contributed by atoms with Crippen molar-refractivity contribution < 1.29 is 22.7 Å². The fraction of sp³-hybridized carbons (Fsp3) is 0.519. The van der Waals surface area contributed by atoms with Crippen molar-refractivity contribution in [1.82, 2.24) is 4.90 Å². The van der Waals surface area contributed by atoms with Crippen molar-refractivity contribution in [1.29, 1.82) is 0 Å². The molecular weight excluding hydrogens is 491 g/mol. The monoisotopic (exact) mass is 525 g/mol. The lowest BCUT2D eigenvalue weighted by Gasteiger charge is -2.38. The number of methoxy groups -OCH3 is 1. The Kier molecular flexibility index (Phi) is 9.17. The van der Waals surface area contributed by atoms with E-state index in [-0.39, 0.29) is 17.7 Å². The highest BCUT2D eigenvalue weighted by molar-refractivity contribution is 6.30. The summed E-state index contributed by atoms with van der Waals surface area (Å²) in [5.74, 6) is 0.681. The highest BCUT2D eigenvalue weighted by Crippen LogP contribution is 2.36. The van der Waals surface area contributed by atoms with E-state index in [4.69, 9.17) is 22.1 Å². The van der Waals surface area contributed by atoms with Gasteiger partial charge in [-0.3, -0.25) is 4.79 Å². The fourth-order valence-corrected chi connectivity index (χ4v) is 4.90. The summed E-state index contributed by atoms with van der Waals surface area (Å²) in [6, 6.07) is 8.69. The number of nitrogens with zero attached hydrogens (tertiary/aromatic N) is 2. The van der Waals surface area contributed by atoms with E-state index in [1.807, 2.05) is 36.6 Å². The quantitative estimate of drug-likeness (QED) is 0.463. The molecule has 0 aromatic heterocycles. The van der Waals surface area contributed by atoms with Crippen LogP contribution in [-0.2, 0) is 17.4 Å². The van der Waals surface area contributed by atoms with Gasteiger partial charge in [-0.25, -0.2) is 0 Å². The fourth-order valence-electron chi connectivity index (χ4n) is 4.73. The lowest BCUT2D eigenvalue weighted by Crippen LogP contribution is -2.50. The lowest BCUT2D eigenvalue weighted by molar-refractivity contribution is -0.137. The smallest absolute Gasteiger partial charge is 0.416 e. The Morgan fingerprint density at radius 3 is 2.33 bits per heavy atom. The summed E-state index contributed by atoms with van der Waals surface area (Å²) in [7, 11) is 1.57. The van der Waals surface area contributed by atoms with Gasteiger partial charge in [0.25, 0.3) is 0 Å². The molecule has 2 aromatic carbocycles. The first kappa shape index (κ1) is 28.1. The zero-order chi connectivity index (χ0) is 26.6. The minimum Gasteiger partial charge on any atom is -0.496 e. The topological polar surface area (TPSA) is 58.8 Å². The number of alkyl halides is 3. The third-order valence-electron chi connectivity index (χ3n) is 6.61. The van der Waals surface area contributed by atoms with Gasteiger partial charge in [0.15, 0.2) is 0 Å². The van der Waals surface area contributed by atoms with Crippen molar-refractivity contribution >= 4 is 23.2 Å². The standard InChI is InChI=1S/C27H35ClF3N3O2/c1-17(2)13-23(32)22-15-20(27(29,30)31)6-8-24(22)33-9-11-34(12-10-33)26(35)18(3)14-19-5-7-21(28)16-25(19)36-4/h5-8,15-18,23H,9-14,32H2,1-4H3/t18-,23-/m0/s1. The van der Waals surface area contributed by atoms with E-state index in [0.29, 0.717) is 61.0 Å². The molecule has 9 heteroatoms. The number of amides is 1. The van der Waals surface area contributed by atoms with Gasteiger partial charge in [0, 0.05) is 48.8 Å². The maximum absolute atomic E-state index is 13.4. The molecular formula is C27H35ClF3N3O2. The van der Waals surface area contributed by atoms with Gasteiger partial charge in [0.1, 0.15) is 5.75 Å². The summed E-state index contributed by atoms with van der Waals surface area (Å²) in [5.41, 5.74) is 7.79. The Balaban J connectivity index is 1.71. The number of hydrogen-bond acceptors (Lipinski definition) is 4. The SMILES string of the molecule is COc1cc(Cl)ccc1C[C@H](C)C(=O)N1CCN(c2ccc(C(F)(F)F)cc2[C@@H](N)CC(C)C)CC1. The average Bonchev–Trinajstić information content (AvgIpc) is 2.83. The summed E-state index contributed by atoms with van der Waals surface area (Å²) >= 11 is 6.04. The molecule has 0 radical (unpaired) electrons. The molecule has 1 saturated heterocycles. The summed E-state index contributed by atoms with van der Waals surface area (Å²) < 4.78 is 45.6. The Bertz CT molecular complexity index is 1050. The molecule has 36 heavy (non-hydrogen) atoms. The normalized spacial score (nSPS) is 16.3. The van der Waals surface area contributed by atoms with Crippen LogP contribution in [-0.4, -0.2) is 44.1 Å². The minimum absolute atomic E-state index is 0.0378. The molecule has 0 saturated carbocycles. The maximum Gasteiger partial charge on any atom is 0.416 e. The van der Waals surface area contributed by atoms with Gasteiger partial charge < -0.3 is 20.3 Å². The van der Waals surface area contributed by atoms with Crippen molar-refractivity contribution in [2.24, 2.45) is 17.6 Å². The van der Waals surface area contributed by atoms with Crippen molar-refractivity contribution in [2.75, 3.05) is 38.2 Å². The molecule has 3 rings (SSSR count). The van der Waals surface area contributed by atoms with Crippen molar-refractivity contribution in [2.45, 2.75) is 45.8 Å². The van der Waals surface area contributed by atoms with Gasteiger partial charge in [-0.15, -0.1) is 0 Å². The maximum atomic E-state index is 13.4. The number of ether oxygens (including phenoxy) is 1. The van der Waals surface area contributed by atoms with Crippen LogP contribution < -0.4 is 15.4 Å². The van der Waals surface area contributed by atoms with Crippen molar-refractivity contribution in [3.05, 3.63) is 58.1 Å². The van der Waals surface area contributed by atoms with E-state index in [9.17, 15) is 18.0 Å². The van der Waals surface area contributed by atoms with Gasteiger partial charge in [-0.1, -0.05) is 38.4 Å². The molecule has 0 spiro atoms. The largest absolute Gasteiger partial charge is 0.496 e. The summed E-state index contributed by atoms with van der Waals surface area (Å²) in [5, 5.41) is 0.571. The number of rotatable bonds is 8. The predicted molar refractivity (Wildman–Crippen MR) is 137 cm³/mol. The first-order valence-corrected chi connectivity index (χ1v) is 12.6. The minimum atomic E-state index is -4.43. The molecule has 1 aliphatic rings. The molecule has 0 aliphatic carbocycles. The second-order valence-corrected chi connectivity index (χ2v) is 10.3. The molecule has 2 N–H and O–H groups in total. The van der Waals surface area contributed by atoms with E-state index >= 15 is 0 Å². The highest BCUT2D eigenvalue weighted by Gasteiger charge is 2.33. The van der Waals surface area contributed by atoms with Crippen LogP contribution in [0.15, 0.2) is 36.4 Å². The number of halogens is 4. The molecule has 5 nitrogen and oxygen atoms in total. The Morgan fingerprint density at radius 2 is 1.75 bits per heavy atom. The number of carbonyl (C=O) groups is 1. The molecule has 2 aromatic rings. The van der Waals surface area contributed by atoms with Gasteiger partial charge in [-0.05, 0) is 60.2 Å². The average molecular weight is 526 g/mol. The number of nitrogens with two attached hydrogens (primary N) is 1. The first-order valence-electron chi connectivity index (χ1n) is 12.2. The van der Waals surface area contributed by atoms with Crippen LogP contribution >= 0.6 is 11.6 Å². The highest BCUT2D eigenvalue weighted by atomic mass is 35.5. The summed E-state index contributed by atoms with van der Waals surface area (Å²) in [6.45, 7) is 7.91. The molecule has 0 unspecified atom stereocenters. The van der Waals surface area contributed by atoms with E-state index in [2.05, 4.69) is 0 Å². The van der Waals surface area contributed by atoms with Crippen LogP contribution in [0.3, 0.4) is 0 Å². The molecule has 198 valence electrons. The van der Waals surface area contributed by atoms with Crippen LogP contribution in [0.5, 0.6) is 5.75 Å². The third kappa shape index (κ3) is 6.85. The zero-order valence-corrected chi connectivity index (χ0v) is 22.0. The van der Waals surface area contributed by atoms with E-state index in [1.165, 1.54) is 12.1 Å². The summed E-state index contributed by atoms with van der Waals surface area (Å²) in [4.78, 5) is 17.0. The van der Waals surface area contributed by atoms with Crippen LogP contribution in [0.1, 0.15) is 49.9 Å². The lowest BCUT2D eigenvalue weighted by atomic mass is 9.94. The van der Waals surface area contributed by atoms with Crippen LogP contribution in [0, 0.1) is 11.8 Å². The number of benzene rings is 2. The van der Waals surface area contributed by atoms with E-state index in [0.717, 1.165) is 11.6 Å². The van der Waals surface area contributed by atoms with E-state index in [1.54, 1.807) is 19.2 Å². The number of anilines is 1. The molecule has 0 bridgehead atoms. The molecule has 2 atom stereocenters. The van der Waals surface area contributed by atoms with Gasteiger partial charge in [-0.2, -0.15) is 13.2 Å². The molecule has 1 amide bonds. The zero-order valence-electron chi connectivity index (χ0n) is 21.2. The number of piperazine rings is 1. The molecule has 1 heterocycles. The first-order chi connectivity index (χ1) is 16.9. The predicted octanol–water partition coefficient (Wildman–Crippen LogP) is 5.94. The Hall–Kier alpha value is -2.45. The molecule has 1 aliphatic heterocycles. The van der Waals surface area contributed by atoms with E-state index < -0.39 is 17.8 Å². The van der Waals surface area contributed by atoms with Gasteiger partial charge in [0.2, 0.25) is 5.91 Å². The van der Waals surface area contributed by atoms with Crippen LogP contribution in [0.25, 0.3) is 0 Å². The third-order valence-corrected chi connectivity index (χ3v) is 6.84. The van der Waals surface area contributed by atoms with Crippen molar-refractivity contribution in [3.63, 3.8) is 0 Å². The second-order valence-electron chi connectivity index (χ2n) is 9.88.